The lowest BCUT2D eigenvalue weighted by Gasteiger charge is -2.17. The molecule has 1 N–H and O–H groups in total. The molecule has 5 rings (SSSR count). The van der Waals surface area contributed by atoms with Gasteiger partial charge >= 0.3 is 0 Å². The van der Waals surface area contributed by atoms with Gasteiger partial charge in [0.1, 0.15) is 16.4 Å². The molecule has 2 aromatic carbocycles. The van der Waals surface area contributed by atoms with Gasteiger partial charge in [0, 0.05) is 24.5 Å². The summed E-state index contributed by atoms with van der Waals surface area (Å²) >= 11 is 2.79. The lowest BCUT2D eigenvalue weighted by molar-refractivity contribution is 0.0777. The van der Waals surface area contributed by atoms with Crippen LogP contribution in [0.1, 0.15) is 34.9 Å². The average molecular weight is 545 g/mol. The number of aryl methyl sites for hydroxylation is 1. The second-order valence-electron chi connectivity index (χ2n) is 8.77. The first kappa shape index (κ1) is 25.9. The van der Waals surface area contributed by atoms with E-state index in [0.717, 1.165) is 32.8 Å². The van der Waals surface area contributed by atoms with Crippen molar-refractivity contribution in [1.29, 1.82) is 0 Å². The van der Waals surface area contributed by atoms with Crippen molar-refractivity contribution in [3.63, 3.8) is 0 Å². The van der Waals surface area contributed by atoms with Crippen LogP contribution in [0.4, 0.5) is 0 Å². The number of thiophene rings is 1. The molecule has 0 aliphatic carbocycles. The predicted molar refractivity (Wildman–Crippen MR) is 156 cm³/mol. The smallest absolute Gasteiger partial charge is 0.264 e. The maximum Gasteiger partial charge on any atom is 0.264 e. The van der Waals surface area contributed by atoms with Crippen molar-refractivity contribution in [2.45, 2.75) is 31.6 Å². The van der Waals surface area contributed by atoms with Gasteiger partial charge in [0.05, 0.1) is 33.7 Å². The Balaban J connectivity index is 1.49. The Morgan fingerprint density at radius 3 is 2.55 bits per heavy atom. The number of rotatable bonds is 8. The normalized spacial score (nSPS) is 11.3. The number of aromatic amines is 1. The Labute approximate surface area is 228 Å². The highest BCUT2D eigenvalue weighted by Crippen LogP contribution is 2.34. The Bertz CT molecular complexity index is 1690. The molecular formula is C29H28N4O3S2. The van der Waals surface area contributed by atoms with Crippen LogP contribution >= 0.6 is 23.1 Å². The van der Waals surface area contributed by atoms with Gasteiger partial charge in [-0.15, -0.1) is 11.3 Å². The highest BCUT2D eigenvalue weighted by molar-refractivity contribution is 7.98. The number of pyridine rings is 1. The minimum atomic E-state index is -0.223. The lowest BCUT2D eigenvalue weighted by atomic mass is 10.0. The van der Waals surface area contributed by atoms with E-state index >= 15 is 0 Å². The van der Waals surface area contributed by atoms with Crippen LogP contribution in [0.5, 0.6) is 5.75 Å². The second kappa shape index (κ2) is 11.0. The third kappa shape index (κ3) is 4.91. The largest absolute Gasteiger partial charge is 0.497 e. The minimum absolute atomic E-state index is 0.0601. The molecule has 38 heavy (non-hydrogen) atoms. The number of hydrogen-bond donors (Lipinski definition) is 1. The second-order valence-corrected chi connectivity index (χ2v) is 10.8. The van der Waals surface area contributed by atoms with Crippen LogP contribution in [-0.2, 0) is 5.75 Å². The molecular weight excluding hydrogens is 516 g/mol. The van der Waals surface area contributed by atoms with E-state index in [-0.39, 0.29) is 11.5 Å². The molecule has 0 saturated carbocycles. The summed E-state index contributed by atoms with van der Waals surface area (Å²) in [6.07, 6.45) is 0. The fraction of sp³-hybridized carbons (Fsp3) is 0.241. The van der Waals surface area contributed by atoms with Crippen molar-refractivity contribution in [2.24, 2.45) is 0 Å². The molecule has 194 valence electrons. The van der Waals surface area contributed by atoms with Gasteiger partial charge in [-0.1, -0.05) is 42.1 Å². The van der Waals surface area contributed by atoms with Gasteiger partial charge in [-0.2, -0.15) is 0 Å². The molecule has 0 atom stereocenters. The van der Waals surface area contributed by atoms with E-state index in [9.17, 15) is 9.59 Å². The lowest BCUT2D eigenvalue weighted by Crippen LogP contribution is -2.30. The number of fused-ring (bicyclic) bond motifs is 2. The summed E-state index contributed by atoms with van der Waals surface area (Å²) in [5, 5.41) is 2.34. The molecule has 0 saturated heterocycles. The van der Waals surface area contributed by atoms with Crippen LogP contribution < -0.4 is 10.3 Å². The Hall–Kier alpha value is -3.69. The molecule has 3 aromatic heterocycles. The number of methoxy groups -OCH3 is 1. The quantitative estimate of drug-likeness (QED) is 0.231. The average Bonchev–Trinajstić information content (AvgIpc) is 3.28. The van der Waals surface area contributed by atoms with E-state index in [0.29, 0.717) is 45.3 Å². The van der Waals surface area contributed by atoms with Crippen molar-refractivity contribution >= 4 is 50.1 Å². The zero-order valence-corrected chi connectivity index (χ0v) is 23.3. The van der Waals surface area contributed by atoms with Crippen molar-refractivity contribution in [3.05, 3.63) is 81.2 Å². The summed E-state index contributed by atoms with van der Waals surface area (Å²) in [6.45, 7) is 6.95. The molecule has 1 amide bonds. The van der Waals surface area contributed by atoms with E-state index in [1.54, 1.807) is 12.0 Å². The third-order valence-electron chi connectivity index (χ3n) is 6.53. The van der Waals surface area contributed by atoms with Crippen molar-refractivity contribution < 1.29 is 9.53 Å². The summed E-state index contributed by atoms with van der Waals surface area (Å²) in [6, 6.07) is 18.2. The third-order valence-corrected chi connectivity index (χ3v) is 8.63. The fourth-order valence-corrected chi connectivity index (χ4v) is 6.45. The van der Waals surface area contributed by atoms with Gasteiger partial charge < -0.3 is 14.6 Å². The number of aromatic nitrogens is 3. The van der Waals surface area contributed by atoms with Gasteiger partial charge in [-0.05, 0) is 55.7 Å². The summed E-state index contributed by atoms with van der Waals surface area (Å²) in [4.78, 5) is 41.4. The van der Waals surface area contributed by atoms with Gasteiger partial charge in [0.15, 0.2) is 0 Å². The van der Waals surface area contributed by atoms with E-state index < -0.39 is 0 Å². The molecule has 7 nitrogen and oxygen atoms in total. The number of nitrogens with one attached hydrogen (secondary N) is 1. The number of nitrogens with zero attached hydrogens (tertiary/aromatic N) is 3. The molecule has 0 aliphatic heterocycles. The standard InChI is InChI=1S/C29H28N4O3S2/c1-5-33(6-2)29(35)26-17(3)25-27(34)31-23(32-28(25)38-26)16-37-24-15-21(18-10-8-7-9-11-18)20-13-12-19(36-4)14-22(20)30-24/h7-15H,5-6,16H2,1-4H3,(H,31,32,34). The maximum atomic E-state index is 13.0. The summed E-state index contributed by atoms with van der Waals surface area (Å²) in [7, 11) is 1.64. The number of H-pyrrole nitrogens is 1. The molecule has 0 aliphatic rings. The number of ether oxygens (including phenoxy) is 1. The van der Waals surface area contributed by atoms with Crippen LogP contribution in [0.3, 0.4) is 0 Å². The SMILES string of the molecule is CCN(CC)C(=O)c1sc2nc(CSc3cc(-c4ccccc4)c4ccc(OC)cc4n3)[nH]c(=O)c2c1C. The first-order valence-electron chi connectivity index (χ1n) is 12.4. The molecule has 0 fully saturated rings. The summed E-state index contributed by atoms with van der Waals surface area (Å²) in [5.41, 5.74) is 3.47. The summed E-state index contributed by atoms with van der Waals surface area (Å²) < 4.78 is 5.43. The zero-order chi connectivity index (χ0) is 26.8. The Morgan fingerprint density at radius 2 is 1.84 bits per heavy atom. The van der Waals surface area contributed by atoms with E-state index in [4.69, 9.17) is 14.7 Å². The number of thioether (sulfide) groups is 1. The topological polar surface area (TPSA) is 88.2 Å². The predicted octanol–water partition coefficient (Wildman–Crippen LogP) is 6.29. The zero-order valence-electron chi connectivity index (χ0n) is 21.7. The van der Waals surface area contributed by atoms with E-state index in [2.05, 4.69) is 23.2 Å². The number of carbonyl (C=O) groups excluding carboxylic acids is 1. The molecule has 3 heterocycles. The molecule has 0 unspecified atom stereocenters. The highest BCUT2D eigenvalue weighted by atomic mass is 32.2. The first-order chi connectivity index (χ1) is 18.4. The number of carbonyl (C=O) groups is 1. The van der Waals surface area contributed by atoms with Crippen LogP contribution in [0.2, 0.25) is 0 Å². The fourth-order valence-electron chi connectivity index (χ4n) is 4.50. The molecule has 5 aromatic rings. The van der Waals surface area contributed by atoms with Gasteiger partial charge in [-0.3, -0.25) is 9.59 Å². The van der Waals surface area contributed by atoms with Gasteiger partial charge in [-0.25, -0.2) is 9.97 Å². The van der Waals surface area contributed by atoms with Crippen LogP contribution in [0.25, 0.3) is 32.2 Å². The Morgan fingerprint density at radius 1 is 1.08 bits per heavy atom. The van der Waals surface area contributed by atoms with E-state index in [1.165, 1.54) is 23.1 Å². The van der Waals surface area contributed by atoms with Crippen molar-refractivity contribution in [2.75, 3.05) is 20.2 Å². The first-order valence-corrected chi connectivity index (χ1v) is 14.2. The summed E-state index contributed by atoms with van der Waals surface area (Å²) in [5.74, 6) is 1.66. The van der Waals surface area contributed by atoms with Crippen LogP contribution in [0.15, 0.2) is 64.4 Å². The van der Waals surface area contributed by atoms with Crippen LogP contribution in [0, 0.1) is 6.92 Å². The molecule has 9 heteroatoms. The van der Waals surface area contributed by atoms with Crippen molar-refractivity contribution in [3.8, 4) is 16.9 Å². The molecule has 0 spiro atoms. The van der Waals surface area contributed by atoms with Crippen LogP contribution in [-0.4, -0.2) is 46.0 Å². The van der Waals surface area contributed by atoms with E-state index in [1.807, 2.05) is 57.2 Å². The molecule has 0 bridgehead atoms. The van der Waals surface area contributed by atoms with Gasteiger partial charge in [0.2, 0.25) is 0 Å². The number of hydrogen-bond acceptors (Lipinski definition) is 7. The number of amides is 1. The highest BCUT2D eigenvalue weighted by Gasteiger charge is 2.22. The Kier molecular flexibility index (Phi) is 7.49. The monoisotopic (exact) mass is 544 g/mol. The van der Waals surface area contributed by atoms with Gasteiger partial charge in [0.25, 0.3) is 11.5 Å². The minimum Gasteiger partial charge on any atom is -0.497 e. The van der Waals surface area contributed by atoms with Crippen molar-refractivity contribution in [1.82, 2.24) is 19.9 Å². The molecule has 0 radical (unpaired) electrons. The number of benzene rings is 2. The maximum absolute atomic E-state index is 13.0.